The average Bonchev–Trinajstić information content (AvgIpc) is 2.92. The highest BCUT2D eigenvalue weighted by Gasteiger charge is 2.55. The van der Waals surface area contributed by atoms with E-state index >= 15 is 0 Å². The van der Waals surface area contributed by atoms with Crippen LogP contribution in [0.1, 0.15) is 23.7 Å². The van der Waals surface area contributed by atoms with E-state index in [1.165, 1.54) is 6.07 Å². The van der Waals surface area contributed by atoms with Crippen LogP contribution in [0.4, 0.5) is 42.1 Å². The Bertz CT molecular complexity index is 1080. The summed E-state index contributed by atoms with van der Waals surface area (Å²) < 4.78 is 92.6. The monoisotopic (exact) mass is 478 g/mol. The molecule has 13 heteroatoms. The molecule has 3 rings (SSSR count). The average molecular weight is 478 g/mol. The second kappa shape index (κ2) is 7.84. The number of hydrogen-bond donors (Lipinski definition) is 1. The Hall–Kier alpha value is -3.01. The molecule has 0 aliphatic carbocycles. The molecule has 2 aromatic rings. The quantitative estimate of drug-likeness (QED) is 0.510. The molecule has 0 bridgehead atoms. The summed E-state index contributed by atoms with van der Waals surface area (Å²) in [4.78, 5) is 18.3. The predicted octanol–water partition coefficient (Wildman–Crippen LogP) is 4.79. The number of pyridine rings is 1. The number of benzene rings is 1. The molecular weight excluding hydrogens is 465 g/mol. The van der Waals surface area contributed by atoms with Gasteiger partial charge in [-0.15, -0.1) is 12.6 Å². The summed E-state index contributed by atoms with van der Waals surface area (Å²) in [6.45, 7) is -0.159. The van der Waals surface area contributed by atoms with Crippen molar-refractivity contribution >= 4 is 29.9 Å². The fourth-order valence-electron chi connectivity index (χ4n) is 3.33. The molecule has 2 atom stereocenters. The van der Waals surface area contributed by atoms with E-state index in [-0.39, 0.29) is 5.69 Å². The van der Waals surface area contributed by atoms with Crippen molar-refractivity contribution in [1.82, 2.24) is 4.98 Å². The predicted molar refractivity (Wildman–Crippen MR) is 103 cm³/mol. The number of hydrogen-bond acceptors (Lipinski definition) is 5. The minimum absolute atomic E-state index is 0.00773. The molecule has 1 saturated heterocycles. The van der Waals surface area contributed by atoms with Crippen LogP contribution in [0.3, 0.4) is 0 Å². The van der Waals surface area contributed by atoms with Gasteiger partial charge in [-0.25, -0.2) is 9.37 Å². The largest absolute Gasteiger partial charge is 0.419 e. The lowest BCUT2D eigenvalue weighted by Gasteiger charge is -2.34. The number of rotatable bonds is 3. The second-order valence-corrected chi connectivity index (χ2v) is 7.50. The highest BCUT2D eigenvalue weighted by molar-refractivity contribution is 7.81. The van der Waals surface area contributed by atoms with Crippen LogP contribution in [0.5, 0.6) is 0 Å². The van der Waals surface area contributed by atoms with Crippen LogP contribution < -0.4 is 9.80 Å². The van der Waals surface area contributed by atoms with Crippen LogP contribution >= 0.6 is 12.6 Å². The van der Waals surface area contributed by atoms with Gasteiger partial charge >= 0.3 is 12.4 Å². The van der Waals surface area contributed by atoms with Crippen molar-refractivity contribution in [2.45, 2.75) is 30.3 Å². The number of halogens is 7. The highest BCUT2D eigenvalue weighted by atomic mass is 32.1. The molecule has 1 amide bonds. The van der Waals surface area contributed by atoms with Gasteiger partial charge in [0, 0.05) is 5.69 Å². The third-order valence-corrected chi connectivity index (χ3v) is 5.43. The molecule has 5 nitrogen and oxygen atoms in total. The number of anilines is 2. The first-order valence-electron chi connectivity index (χ1n) is 8.77. The first kappa shape index (κ1) is 23.6. The maximum Gasteiger partial charge on any atom is 0.419 e. The first-order chi connectivity index (χ1) is 14.8. The number of alkyl halides is 7. The summed E-state index contributed by atoms with van der Waals surface area (Å²) in [6, 6.07) is 5.30. The van der Waals surface area contributed by atoms with Gasteiger partial charge in [0.05, 0.1) is 23.0 Å². The topological polar surface area (TPSA) is 60.2 Å². The Morgan fingerprint density at radius 1 is 1.12 bits per heavy atom. The minimum Gasteiger partial charge on any atom is -0.325 e. The maximum atomic E-state index is 14.0. The molecule has 0 radical (unpaired) electrons. The molecule has 0 N–H and O–H groups in total. The zero-order chi connectivity index (χ0) is 24.1. The van der Waals surface area contributed by atoms with Crippen LogP contribution in [0, 0.1) is 11.3 Å². The summed E-state index contributed by atoms with van der Waals surface area (Å²) in [6.07, 6.45) is -8.75. The smallest absolute Gasteiger partial charge is 0.325 e. The van der Waals surface area contributed by atoms with E-state index in [2.05, 4.69) is 17.6 Å². The third kappa shape index (κ3) is 3.83. The molecule has 1 aromatic carbocycles. The summed E-state index contributed by atoms with van der Waals surface area (Å²) in [7, 11) is 0. The number of nitrogens with zero attached hydrogens (tertiary/aromatic N) is 4. The molecular formula is C19H13F7N4OS. The van der Waals surface area contributed by atoms with Crippen molar-refractivity contribution in [3.63, 3.8) is 0 Å². The molecule has 2 heterocycles. The van der Waals surface area contributed by atoms with Crippen LogP contribution in [-0.4, -0.2) is 28.6 Å². The van der Waals surface area contributed by atoms with Crippen LogP contribution in [0.2, 0.25) is 0 Å². The third-order valence-electron chi connectivity index (χ3n) is 4.97. The van der Waals surface area contributed by atoms with E-state index in [0.29, 0.717) is 6.07 Å². The van der Waals surface area contributed by atoms with Crippen molar-refractivity contribution in [2.75, 3.05) is 16.5 Å². The van der Waals surface area contributed by atoms with Crippen molar-refractivity contribution in [3.05, 3.63) is 53.3 Å². The highest BCUT2D eigenvalue weighted by Crippen LogP contribution is 2.42. The van der Waals surface area contributed by atoms with E-state index in [1.807, 2.05) is 0 Å². The Kier molecular flexibility index (Phi) is 5.80. The van der Waals surface area contributed by atoms with Gasteiger partial charge in [-0.3, -0.25) is 9.69 Å². The Labute approximate surface area is 182 Å². The summed E-state index contributed by atoms with van der Waals surface area (Å²) in [5, 5.41) is 8.89. The van der Waals surface area contributed by atoms with E-state index < -0.39 is 58.5 Å². The zero-order valence-electron chi connectivity index (χ0n) is 16.0. The first-order valence-corrected chi connectivity index (χ1v) is 9.29. The number of amides is 1. The van der Waals surface area contributed by atoms with Gasteiger partial charge in [0.1, 0.15) is 18.3 Å². The lowest BCUT2D eigenvalue weighted by molar-refractivity contribution is -0.138. The molecule has 2 unspecified atom stereocenters. The van der Waals surface area contributed by atoms with E-state index in [0.717, 1.165) is 47.2 Å². The SMILES string of the molecule is CC1(CF)C(=O)N(c2cnc(C#N)c(C(F)(F)F)c2)C(S)N1c1ccc(C(F)(F)F)cc1. The second-order valence-electron chi connectivity index (χ2n) is 7.04. The van der Waals surface area contributed by atoms with Gasteiger partial charge in [0.2, 0.25) is 0 Å². The van der Waals surface area contributed by atoms with E-state index in [1.54, 1.807) is 0 Å². The van der Waals surface area contributed by atoms with Gasteiger partial charge in [0.25, 0.3) is 5.91 Å². The van der Waals surface area contributed by atoms with Crippen molar-refractivity contribution in [2.24, 2.45) is 0 Å². The van der Waals surface area contributed by atoms with Gasteiger partial charge in [0.15, 0.2) is 11.2 Å². The Balaban J connectivity index is 2.10. The lowest BCUT2D eigenvalue weighted by atomic mass is 10.0. The molecule has 1 aromatic heterocycles. The number of carbonyl (C=O) groups excluding carboxylic acids is 1. The maximum absolute atomic E-state index is 14.0. The van der Waals surface area contributed by atoms with E-state index in [9.17, 15) is 35.5 Å². The molecule has 1 fully saturated rings. The van der Waals surface area contributed by atoms with Crippen molar-refractivity contribution in [3.8, 4) is 6.07 Å². The molecule has 0 spiro atoms. The van der Waals surface area contributed by atoms with Gasteiger partial charge in [-0.1, -0.05) is 0 Å². The molecule has 0 saturated carbocycles. The Morgan fingerprint density at radius 3 is 2.19 bits per heavy atom. The number of thiol groups is 1. The standard InChI is InChI=1S/C19H13F7N4OS/c1-17(9-20)15(31)29(12-6-13(19(24,25)26)14(7-27)28-8-12)16(32)30(17)11-4-2-10(3-5-11)18(21,22)23/h2-6,8,16,32H,9H2,1H3. The Morgan fingerprint density at radius 2 is 1.72 bits per heavy atom. The molecule has 1 aliphatic rings. The molecule has 170 valence electrons. The molecule has 32 heavy (non-hydrogen) atoms. The zero-order valence-corrected chi connectivity index (χ0v) is 16.9. The number of carbonyl (C=O) groups is 1. The van der Waals surface area contributed by atoms with Crippen molar-refractivity contribution < 1.29 is 35.5 Å². The fraction of sp³-hybridized carbons (Fsp3) is 0.316. The molecule has 1 aliphatic heterocycles. The van der Waals surface area contributed by atoms with Gasteiger partial charge in [-0.2, -0.15) is 31.6 Å². The van der Waals surface area contributed by atoms with Crippen LogP contribution in [0.25, 0.3) is 0 Å². The summed E-state index contributed by atoms with van der Waals surface area (Å²) in [5.74, 6) is -0.987. The summed E-state index contributed by atoms with van der Waals surface area (Å²) in [5.41, 5.74) is -7.07. The lowest BCUT2D eigenvalue weighted by Crippen LogP contribution is -2.49. The fourth-order valence-corrected chi connectivity index (χ4v) is 3.96. The normalized spacial score (nSPS) is 21.8. The van der Waals surface area contributed by atoms with E-state index in [4.69, 9.17) is 5.26 Å². The van der Waals surface area contributed by atoms with Gasteiger partial charge < -0.3 is 4.90 Å². The summed E-state index contributed by atoms with van der Waals surface area (Å²) >= 11 is 4.24. The number of aromatic nitrogens is 1. The van der Waals surface area contributed by atoms with Crippen LogP contribution in [-0.2, 0) is 17.1 Å². The van der Waals surface area contributed by atoms with Crippen molar-refractivity contribution in [1.29, 1.82) is 5.26 Å². The van der Waals surface area contributed by atoms with Crippen LogP contribution in [0.15, 0.2) is 36.5 Å². The minimum atomic E-state index is -4.96. The van der Waals surface area contributed by atoms with Gasteiger partial charge in [-0.05, 0) is 37.3 Å². The number of nitriles is 1.